The van der Waals surface area contributed by atoms with E-state index in [1.807, 2.05) is 17.5 Å². The number of Topliss-reactive ketones (excluding diaryl/α,β-unsaturated/α-hetero) is 2. The highest BCUT2D eigenvalue weighted by molar-refractivity contribution is 7.16. The third-order valence-electron chi connectivity index (χ3n) is 7.90. The number of hydrogen-bond acceptors (Lipinski definition) is 5. The second-order valence-electron chi connectivity index (χ2n) is 9.82. The van der Waals surface area contributed by atoms with Crippen LogP contribution in [-0.4, -0.2) is 51.9 Å². The standard InChI is InChI=1S/C25H31N3O4S/c1-2-20(29)18(11-14-5-4-8-21(14)30)26-23(31)22-17-7-3-6-16(17)13-28(22)25(32)19-12-15-9-10-33-24(15)27-19/h9-10,12,14,16-18,22,27H,2-8,11,13H2,1H3,(H,26,31)/t14-,16-,17-,18-,22-/m0/s1. The number of carbonyl (C=O) groups is 4. The molecule has 5 atom stereocenters. The molecule has 0 radical (unpaired) electrons. The number of aromatic nitrogens is 1. The highest BCUT2D eigenvalue weighted by Gasteiger charge is 2.50. The second-order valence-corrected chi connectivity index (χ2v) is 10.7. The zero-order valence-corrected chi connectivity index (χ0v) is 19.8. The van der Waals surface area contributed by atoms with Gasteiger partial charge in [-0.25, -0.2) is 0 Å². The molecule has 2 aromatic rings. The molecule has 0 spiro atoms. The number of amides is 2. The molecule has 2 amide bonds. The number of aromatic amines is 1. The monoisotopic (exact) mass is 469 g/mol. The van der Waals surface area contributed by atoms with Crippen LogP contribution in [0.2, 0.25) is 0 Å². The van der Waals surface area contributed by atoms with Crippen LogP contribution < -0.4 is 5.32 Å². The molecule has 7 nitrogen and oxygen atoms in total. The van der Waals surface area contributed by atoms with Gasteiger partial charge in [0.25, 0.3) is 5.91 Å². The van der Waals surface area contributed by atoms with Crippen molar-refractivity contribution in [1.29, 1.82) is 0 Å². The fourth-order valence-corrected chi connectivity index (χ4v) is 6.95. The minimum absolute atomic E-state index is 0.0495. The smallest absolute Gasteiger partial charge is 0.271 e. The van der Waals surface area contributed by atoms with E-state index >= 15 is 0 Å². The van der Waals surface area contributed by atoms with Gasteiger partial charge in [-0.2, -0.15) is 0 Å². The first-order valence-corrected chi connectivity index (χ1v) is 13.1. The van der Waals surface area contributed by atoms with Crippen LogP contribution in [0.4, 0.5) is 0 Å². The molecule has 2 saturated carbocycles. The van der Waals surface area contributed by atoms with Crippen LogP contribution in [0.5, 0.6) is 0 Å². The minimum Gasteiger partial charge on any atom is -0.344 e. The highest BCUT2D eigenvalue weighted by Crippen LogP contribution is 2.43. The van der Waals surface area contributed by atoms with E-state index in [0.29, 0.717) is 37.4 Å². The Morgan fingerprint density at radius 3 is 2.82 bits per heavy atom. The van der Waals surface area contributed by atoms with Crippen LogP contribution in [0.1, 0.15) is 68.8 Å². The van der Waals surface area contributed by atoms with E-state index in [1.165, 1.54) is 0 Å². The van der Waals surface area contributed by atoms with Crippen molar-refractivity contribution in [2.75, 3.05) is 6.54 Å². The van der Waals surface area contributed by atoms with E-state index in [9.17, 15) is 19.2 Å². The molecule has 0 unspecified atom stereocenters. The number of hydrogen-bond donors (Lipinski definition) is 2. The third kappa shape index (κ3) is 4.14. The molecule has 2 N–H and O–H groups in total. The van der Waals surface area contributed by atoms with Gasteiger partial charge in [0.05, 0.1) is 6.04 Å². The van der Waals surface area contributed by atoms with Crippen LogP contribution in [0.15, 0.2) is 17.5 Å². The average Bonchev–Trinajstić information content (AvgIpc) is 3.58. The molecular formula is C25H31N3O4S. The van der Waals surface area contributed by atoms with Crippen molar-refractivity contribution >= 4 is 44.9 Å². The summed E-state index contributed by atoms with van der Waals surface area (Å²) < 4.78 is 0. The Balaban J connectivity index is 1.37. The normalized spacial score (nSPS) is 27.8. The lowest BCUT2D eigenvalue weighted by Crippen LogP contribution is -2.53. The van der Waals surface area contributed by atoms with Gasteiger partial charge in [-0.15, -0.1) is 11.3 Å². The van der Waals surface area contributed by atoms with Crippen molar-refractivity contribution < 1.29 is 19.2 Å². The molecule has 1 saturated heterocycles. The highest BCUT2D eigenvalue weighted by atomic mass is 32.1. The van der Waals surface area contributed by atoms with E-state index < -0.39 is 12.1 Å². The van der Waals surface area contributed by atoms with Crippen LogP contribution in [-0.2, 0) is 14.4 Å². The third-order valence-corrected chi connectivity index (χ3v) is 8.74. The Morgan fingerprint density at radius 2 is 2.09 bits per heavy atom. The Kier molecular flexibility index (Phi) is 6.12. The zero-order chi connectivity index (χ0) is 23.1. The lowest BCUT2D eigenvalue weighted by molar-refractivity contribution is -0.131. The molecule has 5 rings (SSSR count). The first-order valence-electron chi connectivity index (χ1n) is 12.2. The number of fused-ring (bicyclic) bond motifs is 2. The molecule has 176 valence electrons. The zero-order valence-electron chi connectivity index (χ0n) is 19.0. The largest absolute Gasteiger partial charge is 0.344 e. The fourth-order valence-electron chi connectivity index (χ4n) is 6.16. The summed E-state index contributed by atoms with van der Waals surface area (Å²) in [4.78, 5) is 57.8. The van der Waals surface area contributed by atoms with Gasteiger partial charge in [0.15, 0.2) is 5.78 Å². The summed E-state index contributed by atoms with van der Waals surface area (Å²) in [6.45, 7) is 2.36. The molecule has 3 heterocycles. The molecule has 1 aliphatic heterocycles. The molecule has 3 aliphatic rings. The predicted octanol–water partition coefficient (Wildman–Crippen LogP) is 3.69. The summed E-state index contributed by atoms with van der Waals surface area (Å²) >= 11 is 1.55. The fraction of sp³-hybridized carbons (Fsp3) is 0.600. The first-order chi connectivity index (χ1) is 16.0. The number of H-pyrrole nitrogens is 1. The summed E-state index contributed by atoms with van der Waals surface area (Å²) in [6, 6.07) is 2.59. The number of ketones is 2. The van der Waals surface area contributed by atoms with Gasteiger partial charge in [-0.3, -0.25) is 19.2 Å². The average molecular weight is 470 g/mol. The lowest BCUT2D eigenvalue weighted by Gasteiger charge is -2.29. The van der Waals surface area contributed by atoms with Crippen molar-refractivity contribution in [2.24, 2.45) is 17.8 Å². The maximum absolute atomic E-state index is 13.6. The Morgan fingerprint density at radius 1 is 1.24 bits per heavy atom. The van der Waals surface area contributed by atoms with Crippen LogP contribution in [0.25, 0.3) is 10.2 Å². The van der Waals surface area contributed by atoms with Gasteiger partial charge in [-0.1, -0.05) is 13.3 Å². The van der Waals surface area contributed by atoms with Crippen molar-refractivity contribution in [3.05, 3.63) is 23.2 Å². The minimum atomic E-state index is -0.664. The topological polar surface area (TPSA) is 99.3 Å². The molecule has 33 heavy (non-hydrogen) atoms. The second kappa shape index (κ2) is 9.05. The van der Waals surface area contributed by atoms with Crippen molar-refractivity contribution in [3.8, 4) is 0 Å². The van der Waals surface area contributed by atoms with Crippen molar-refractivity contribution in [1.82, 2.24) is 15.2 Å². The molecule has 0 bridgehead atoms. The SMILES string of the molecule is CCC(=O)[C@H](C[C@@H]1CCCC1=O)NC(=O)[C@@H]1[C@H]2CCC[C@H]2CN1C(=O)c1cc2ccsc2[nH]1. The molecule has 2 aliphatic carbocycles. The Labute approximate surface area is 197 Å². The van der Waals surface area contributed by atoms with Crippen LogP contribution in [0, 0.1) is 17.8 Å². The molecular weight excluding hydrogens is 438 g/mol. The molecule has 2 aromatic heterocycles. The van der Waals surface area contributed by atoms with Crippen LogP contribution in [0.3, 0.4) is 0 Å². The summed E-state index contributed by atoms with van der Waals surface area (Å²) in [6.07, 6.45) is 5.88. The lowest BCUT2D eigenvalue weighted by atomic mass is 9.91. The first kappa shape index (κ1) is 22.3. The van der Waals surface area contributed by atoms with Gasteiger partial charge >= 0.3 is 0 Å². The number of thiophene rings is 1. The Bertz CT molecular complexity index is 1060. The quantitative estimate of drug-likeness (QED) is 0.646. The van der Waals surface area contributed by atoms with E-state index in [0.717, 1.165) is 42.3 Å². The number of nitrogens with one attached hydrogen (secondary N) is 2. The van der Waals surface area contributed by atoms with Gasteiger partial charge in [-0.05, 0) is 61.5 Å². The van der Waals surface area contributed by atoms with Crippen LogP contribution >= 0.6 is 11.3 Å². The molecule has 8 heteroatoms. The van der Waals surface area contributed by atoms with Gasteiger partial charge < -0.3 is 15.2 Å². The van der Waals surface area contributed by atoms with Gasteiger partial charge in [0.2, 0.25) is 5.91 Å². The van der Waals surface area contributed by atoms with E-state index in [2.05, 4.69) is 10.3 Å². The number of rotatable bonds is 7. The predicted molar refractivity (Wildman–Crippen MR) is 126 cm³/mol. The van der Waals surface area contributed by atoms with Gasteiger partial charge in [0.1, 0.15) is 22.3 Å². The number of carbonyl (C=O) groups excluding carboxylic acids is 4. The van der Waals surface area contributed by atoms with E-state index in [4.69, 9.17) is 0 Å². The summed E-state index contributed by atoms with van der Waals surface area (Å²) in [5.41, 5.74) is 0.507. The maximum Gasteiger partial charge on any atom is 0.271 e. The number of likely N-dealkylation sites (tertiary alicyclic amines) is 1. The summed E-state index contributed by atoms with van der Waals surface area (Å²) in [5, 5.41) is 5.96. The van der Waals surface area contributed by atoms with Gasteiger partial charge in [0, 0.05) is 30.7 Å². The summed E-state index contributed by atoms with van der Waals surface area (Å²) in [5.74, 6) is 0.0248. The molecule has 3 fully saturated rings. The van der Waals surface area contributed by atoms with Crippen molar-refractivity contribution in [2.45, 2.75) is 70.4 Å². The Hall–Kier alpha value is -2.48. The maximum atomic E-state index is 13.6. The molecule has 0 aromatic carbocycles. The summed E-state index contributed by atoms with van der Waals surface area (Å²) in [7, 11) is 0. The van der Waals surface area contributed by atoms with E-state index in [1.54, 1.807) is 23.2 Å². The van der Waals surface area contributed by atoms with E-state index in [-0.39, 0.29) is 35.2 Å². The van der Waals surface area contributed by atoms with Crippen molar-refractivity contribution in [3.63, 3.8) is 0 Å². The number of nitrogens with zero attached hydrogens (tertiary/aromatic N) is 1.